The Labute approximate surface area is 103 Å². The summed E-state index contributed by atoms with van der Waals surface area (Å²) in [5.74, 6) is 2.50. The van der Waals surface area contributed by atoms with Gasteiger partial charge in [0.15, 0.2) is 5.13 Å². The van der Waals surface area contributed by atoms with Crippen molar-refractivity contribution in [3.63, 3.8) is 0 Å². The van der Waals surface area contributed by atoms with E-state index in [4.69, 9.17) is 0 Å². The first-order valence-electron chi connectivity index (χ1n) is 5.53. The Kier molecular flexibility index (Phi) is 2.77. The fourth-order valence-electron chi connectivity index (χ4n) is 1.92. The molecule has 16 heavy (non-hydrogen) atoms. The lowest BCUT2D eigenvalue weighted by Gasteiger charge is -2.08. The summed E-state index contributed by atoms with van der Waals surface area (Å²) in [7, 11) is 0. The first kappa shape index (κ1) is 10.4. The number of aromatic nitrogens is 1. The summed E-state index contributed by atoms with van der Waals surface area (Å²) in [5.41, 5.74) is 2.42. The van der Waals surface area contributed by atoms with Crippen molar-refractivity contribution in [2.75, 3.05) is 16.8 Å². The van der Waals surface area contributed by atoms with E-state index in [1.54, 1.807) is 11.3 Å². The predicted octanol–water partition coefficient (Wildman–Crippen LogP) is 3.52. The lowest BCUT2D eigenvalue weighted by atomic mass is 10.2. The van der Waals surface area contributed by atoms with Crippen LogP contribution in [-0.2, 0) is 0 Å². The van der Waals surface area contributed by atoms with E-state index in [2.05, 4.69) is 35.4 Å². The maximum atomic E-state index is 4.62. The number of thioether (sulfide) groups is 1. The second kappa shape index (κ2) is 4.26. The molecular formula is C12H14N2S2. The third-order valence-corrected chi connectivity index (χ3v) is 4.91. The van der Waals surface area contributed by atoms with E-state index in [9.17, 15) is 0 Å². The SMILES string of the molecule is Cc1ccc2nc(NC3CCSC3)sc2c1. The minimum absolute atomic E-state index is 0.617. The van der Waals surface area contributed by atoms with Gasteiger partial charge in [-0.2, -0.15) is 11.8 Å². The average molecular weight is 250 g/mol. The van der Waals surface area contributed by atoms with E-state index in [0.717, 1.165) is 10.6 Å². The lowest BCUT2D eigenvalue weighted by Crippen LogP contribution is -2.17. The van der Waals surface area contributed by atoms with Crippen LogP contribution in [0.4, 0.5) is 5.13 Å². The first-order valence-corrected chi connectivity index (χ1v) is 7.50. The normalized spacial score (nSPS) is 20.4. The van der Waals surface area contributed by atoms with Gasteiger partial charge in [-0.05, 0) is 36.8 Å². The van der Waals surface area contributed by atoms with Gasteiger partial charge in [0.2, 0.25) is 0 Å². The summed E-state index contributed by atoms with van der Waals surface area (Å²) in [5, 5.41) is 4.61. The first-order chi connectivity index (χ1) is 7.81. The van der Waals surface area contributed by atoms with Crippen LogP contribution in [0.3, 0.4) is 0 Å². The van der Waals surface area contributed by atoms with Crippen molar-refractivity contribution in [1.82, 2.24) is 4.98 Å². The van der Waals surface area contributed by atoms with Crippen LogP contribution in [0.1, 0.15) is 12.0 Å². The van der Waals surface area contributed by atoms with Gasteiger partial charge in [-0.25, -0.2) is 4.98 Å². The molecule has 1 unspecified atom stereocenters. The number of nitrogens with zero attached hydrogens (tertiary/aromatic N) is 1. The van der Waals surface area contributed by atoms with E-state index in [0.29, 0.717) is 6.04 Å². The second-order valence-electron chi connectivity index (χ2n) is 4.20. The van der Waals surface area contributed by atoms with Gasteiger partial charge < -0.3 is 5.32 Å². The topological polar surface area (TPSA) is 24.9 Å². The van der Waals surface area contributed by atoms with Crippen LogP contribution in [0.5, 0.6) is 0 Å². The average Bonchev–Trinajstić information content (AvgIpc) is 2.86. The van der Waals surface area contributed by atoms with Crippen molar-refractivity contribution >= 4 is 38.4 Å². The number of rotatable bonds is 2. The molecule has 1 aromatic heterocycles. The minimum atomic E-state index is 0.617. The van der Waals surface area contributed by atoms with Crippen molar-refractivity contribution in [3.8, 4) is 0 Å². The zero-order valence-corrected chi connectivity index (χ0v) is 10.8. The molecule has 0 radical (unpaired) electrons. The Morgan fingerprint density at radius 3 is 3.19 bits per heavy atom. The summed E-state index contributed by atoms with van der Waals surface area (Å²) in [4.78, 5) is 4.62. The molecule has 4 heteroatoms. The van der Waals surface area contributed by atoms with Crippen LogP contribution in [0, 0.1) is 6.92 Å². The van der Waals surface area contributed by atoms with Gasteiger partial charge in [0.25, 0.3) is 0 Å². The predicted molar refractivity (Wildman–Crippen MR) is 73.7 cm³/mol. The Morgan fingerprint density at radius 2 is 2.38 bits per heavy atom. The third kappa shape index (κ3) is 2.04. The molecule has 1 aliphatic heterocycles. The fourth-order valence-corrected chi connectivity index (χ4v) is 4.11. The van der Waals surface area contributed by atoms with Gasteiger partial charge >= 0.3 is 0 Å². The van der Waals surface area contributed by atoms with E-state index in [-0.39, 0.29) is 0 Å². The fraction of sp³-hybridized carbons (Fsp3) is 0.417. The molecule has 0 spiro atoms. The van der Waals surface area contributed by atoms with Crippen LogP contribution in [0.2, 0.25) is 0 Å². The summed E-state index contributed by atoms with van der Waals surface area (Å²) >= 11 is 3.79. The van der Waals surface area contributed by atoms with E-state index in [1.807, 2.05) is 11.8 Å². The zero-order chi connectivity index (χ0) is 11.0. The van der Waals surface area contributed by atoms with Crippen molar-refractivity contribution in [2.45, 2.75) is 19.4 Å². The molecule has 0 aliphatic carbocycles. The highest BCUT2D eigenvalue weighted by atomic mass is 32.2. The Morgan fingerprint density at radius 1 is 1.44 bits per heavy atom. The van der Waals surface area contributed by atoms with Gasteiger partial charge in [0, 0.05) is 11.8 Å². The molecule has 1 saturated heterocycles. The lowest BCUT2D eigenvalue weighted by molar-refractivity contribution is 0.812. The maximum Gasteiger partial charge on any atom is 0.184 e. The third-order valence-electron chi connectivity index (χ3n) is 2.80. The number of fused-ring (bicyclic) bond motifs is 1. The van der Waals surface area contributed by atoms with E-state index < -0.39 is 0 Å². The molecule has 2 nitrogen and oxygen atoms in total. The van der Waals surface area contributed by atoms with Crippen molar-refractivity contribution in [3.05, 3.63) is 23.8 Å². The van der Waals surface area contributed by atoms with E-state index in [1.165, 1.54) is 28.2 Å². The smallest absolute Gasteiger partial charge is 0.184 e. The Balaban J connectivity index is 1.86. The van der Waals surface area contributed by atoms with Crippen LogP contribution in [-0.4, -0.2) is 22.5 Å². The number of aryl methyl sites for hydroxylation is 1. The summed E-state index contributed by atoms with van der Waals surface area (Å²) < 4.78 is 1.29. The molecule has 0 bridgehead atoms. The van der Waals surface area contributed by atoms with Crippen LogP contribution >= 0.6 is 23.1 Å². The largest absolute Gasteiger partial charge is 0.358 e. The number of hydrogen-bond donors (Lipinski definition) is 1. The highest BCUT2D eigenvalue weighted by Gasteiger charge is 2.16. The Hall–Kier alpha value is -0.740. The second-order valence-corrected chi connectivity index (χ2v) is 6.38. The molecule has 2 aromatic rings. The van der Waals surface area contributed by atoms with Gasteiger partial charge in [-0.1, -0.05) is 17.4 Å². The quantitative estimate of drug-likeness (QED) is 0.882. The molecule has 1 N–H and O–H groups in total. The number of hydrogen-bond acceptors (Lipinski definition) is 4. The standard InChI is InChI=1S/C12H14N2S2/c1-8-2-3-10-11(6-8)16-12(14-10)13-9-4-5-15-7-9/h2-3,6,9H,4-5,7H2,1H3,(H,13,14). The minimum Gasteiger partial charge on any atom is -0.358 e. The summed E-state index contributed by atoms with van der Waals surface area (Å²) in [6.45, 7) is 2.12. The molecule has 0 saturated carbocycles. The van der Waals surface area contributed by atoms with Gasteiger partial charge in [0.1, 0.15) is 0 Å². The van der Waals surface area contributed by atoms with Gasteiger partial charge in [-0.15, -0.1) is 0 Å². The van der Waals surface area contributed by atoms with Gasteiger partial charge in [-0.3, -0.25) is 0 Å². The van der Waals surface area contributed by atoms with Crippen LogP contribution < -0.4 is 5.32 Å². The molecule has 1 fully saturated rings. The number of anilines is 1. The molecule has 1 aliphatic rings. The highest BCUT2D eigenvalue weighted by Crippen LogP contribution is 2.29. The molecule has 1 aromatic carbocycles. The van der Waals surface area contributed by atoms with Gasteiger partial charge in [0.05, 0.1) is 10.2 Å². The number of benzene rings is 1. The Bertz CT molecular complexity index is 501. The molecule has 1 atom stereocenters. The van der Waals surface area contributed by atoms with Crippen molar-refractivity contribution in [1.29, 1.82) is 0 Å². The van der Waals surface area contributed by atoms with Crippen molar-refractivity contribution < 1.29 is 0 Å². The van der Waals surface area contributed by atoms with E-state index >= 15 is 0 Å². The van der Waals surface area contributed by atoms with Crippen LogP contribution in [0.15, 0.2) is 18.2 Å². The summed E-state index contributed by atoms with van der Waals surface area (Å²) in [6.07, 6.45) is 1.26. The monoisotopic (exact) mass is 250 g/mol. The number of nitrogens with one attached hydrogen (secondary N) is 1. The maximum absolute atomic E-state index is 4.62. The zero-order valence-electron chi connectivity index (χ0n) is 9.19. The van der Waals surface area contributed by atoms with Crippen molar-refractivity contribution in [2.24, 2.45) is 0 Å². The summed E-state index contributed by atoms with van der Waals surface area (Å²) in [6, 6.07) is 7.06. The molecule has 2 heterocycles. The molecule has 3 rings (SSSR count). The van der Waals surface area contributed by atoms with Crippen LogP contribution in [0.25, 0.3) is 10.2 Å². The molecular weight excluding hydrogens is 236 g/mol. The molecule has 84 valence electrons. The number of thiazole rings is 1. The molecule has 0 amide bonds. The highest BCUT2D eigenvalue weighted by molar-refractivity contribution is 7.99.